The van der Waals surface area contributed by atoms with Gasteiger partial charge in [-0.2, -0.15) is 0 Å². The van der Waals surface area contributed by atoms with Crippen LogP contribution in [0, 0.1) is 10.1 Å². The second kappa shape index (κ2) is 6.58. The number of hydrogen-bond acceptors (Lipinski definition) is 4. The van der Waals surface area contributed by atoms with E-state index in [1.54, 1.807) is 12.1 Å². The van der Waals surface area contributed by atoms with Crippen molar-refractivity contribution in [1.82, 2.24) is 5.32 Å². The van der Waals surface area contributed by atoms with E-state index >= 15 is 0 Å². The minimum absolute atomic E-state index is 0.0165. The molecule has 0 radical (unpaired) electrons. The minimum atomic E-state index is -0.484. The zero-order valence-electron chi connectivity index (χ0n) is 10.4. The Labute approximate surface area is 105 Å². The Balaban J connectivity index is 2.44. The highest BCUT2D eigenvalue weighted by Gasteiger charge is 2.08. The maximum absolute atomic E-state index is 11.3. The molecule has 0 spiro atoms. The van der Waals surface area contributed by atoms with E-state index in [9.17, 15) is 14.9 Å². The topological polar surface area (TPSA) is 81.5 Å². The molecular formula is C12H16N2O4. The standard InChI is InChI=1S/C12H16N2O4/c1-3-9(2)13-12(15)18-8-10-4-6-11(7-5-10)14(16)17/h4-7,9H,3,8H2,1-2H3,(H,13,15)/t9-/m0/s1. The van der Waals surface area contributed by atoms with Crippen LogP contribution in [0.1, 0.15) is 25.8 Å². The number of hydrogen-bond donors (Lipinski definition) is 1. The van der Waals surface area contributed by atoms with Gasteiger partial charge in [-0.15, -0.1) is 0 Å². The summed E-state index contributed by atoms with van der Waals surface area (Å²) in [6.45, 7) is 3.94. The molecule has 98 valence electrons. The van der Waals surface area contributed by atoms with Crippen LogP contribution in [0.3, 0.4) is 0 Å². The zero-order valence-corrected chi connectivity index (χ0v) is 10.4. The summed E-state index contributed by atoms with van der Waals surface area (Å²) < 4.78 is 4.98. The number of nitrogens with one attached hydrogen (secondary N) is 1. The number of nitro benzene ring substituents is 1. The van der Waals surface area contributed by atoms with Gasteiger partial charge in [-0.1, -0.05) is 6.92 Å². The fraction of sp³-hybridized carbons (Fsp3) is 0.417. The van der Waals surface area contributed by atoms with Crippen LogP contribution in [0.4, 0.5) is 10.5 Å². The number of nitrogens with zero attached hydrogens (tertiary/aromatic N) is 1. The van der Waals surface area contributed by atoms with Gasteiger partial charge in [0.05, 0.1) is 4.92 Å². The molecule has 18 heavy (non-hydrogen) atoms. The van der Waals surface area contributed by atoms with E-state index in [0.29, 0.717) is 5.56 Å². The third kappa shape index (κ3) is 4.40. The van der Waals surface area contributed by atoms with Gasteiger partial charge in [0.2, 0.25) is 0 Å². The minimum Gasteiger partial charge on any atom is -0.445 e. The van der Waals surface area contributed by atoms with Crippen LogP contribution < -0.4 is 5.32 Å². The molecule has 0 fully saturated rings. The van der Waals surface area contributed by atoms with Gasteiger partial charge in [-0.05, 0) is 31.0 Å². The first-order valence-corrected chi connectivity index (χ1v) is 5.69. The molecule has 1 rings (SSSR count). The molecule has 1 aromatic rings. The van der Waals surface area contributed by atoms with Crippen LogP contribution in [0.15, 0.2) is 24.3 Å². The van der Waals surface area contributed by atoms with Crippen LogP contribution in [0.5, 0.6) is 0 Å². The number of rotatable bonds is 5. The predicted molar refractivity (Wildman–Crippen MR) is 66.2 cm³/mol. The van der Waals surface area contributed by atoms with E-state index < -0.39 is 11.0 Å². The Hall–Kier alpha value is -2.11. The van der Waals surface area contributed by atoms with Gasteiger partial charge < -0.3 is 10.1 Å². The van der Waals surface area contributed by atoms with Crippen molar-refractivity contribution < 1.29 is 14.5 Å². The molecule has 0 aliphatic rings. The van der Waals surface area contributed by atoms with Crippen LogP contribution >= 0.6 is 0 Å². The smallest absolute Gasteiger partial charge is 0.407 e. The second-order valence-electron chi connectivity index (χ2n) is 3.95. The molecule has 0 aromatic heterocycles. The van der Waals surface area contributed by atoms with Crippen molar-refractivity contribution in [2.75, 3.05) is 0 Å². The Morgan fingerprint density at radius 3 is 2.56 bits per heavy atom. The van der Waals surface area contributed by atoms with Crippen LogP contribution in [0.2, 0.25) is 0 Å². The molecule has 0 unspecified atom stereocenters. The number of amides is 1. The Morgan fingerprint density at radius 2 is 2.06 bits per heavy atom. The van der Waals surface area contributed by atoms with Crippen molar-refractivity contribution in [3.8, 4) is 0 Å². The van der Waals surface area contributed by atoms with E-state index in [1.165, 1.54) is 12.1 Å². The van der Waals surface area contributed by atoms with E-state index in [1.807, 2.05) is 13.8 Å². The van der Waals surface area contributed by atoms with Crippen molar-refractivity contribution in [3.63, 3.8) is 0 Å². The Bertz CT molecular complexity index is 417. The second-order valence-corrected chi connectivity index (χ2v) is 3.95. The maximum atomic E-state index is 11.3. The normalized spacial score (nSPS) is 11.7. The van der Waals surface area contributed by atoms with Gasteiger partial charge in [-0.25, -0.2) is 4.79 Å². The summed E-state index contributed by atoms with van der Waals surface area (Å²) in [5.41, 5.74) is 0.725. The summed E-state index contributed by atoms with van der Waals surface area (Å²) in [6, 6.07) is 5.95. The van der Waals surface area contributed by atoms with E-state index in [4.69, 9.17) is 4.74 Å². The highest BCUT2D eigenvalue weighted by Crippen LogP contribution is 2.12. The van der Waals surface area contributed by atoms with Crippen molar-refractivity contribution in [3.05, 3.63) is 39.9 Å². The fourth-order valence-electron chi connectivity index (χ4n) is 1.21. The molecule has 1 aromatic carbocycles. The lowest BCUT2D eigenvalue weighted by molar-refractivity contribution is -0.384. The molecule has 1 amide bonds. The van der Waals surface area contributed by atoms with Crippen molar-refractivity contribution in [1.29, 1.82) is 0 Å². The quantitative estimate of drug-likeness (QED) is 0.645. The largest absolute Gasteiger partial charge is 0.445 e. The van der Waals surface area contributed by atoms with E-state index in [-0.39, 0.29) is 18.3 Å². The number of carbonyl (C=O) groups excluding carboxylic acids is 1. The summed E-state index contributed by atoms with van der Waals surface area (Å²) in [7, 11) is 0. The number of ether oxygens (including phenoxy) is 1. The number of carbonyl (C=O) groups is 1. The average Bonchev–Trinajstić information content (AvgIpc) is 2.36. The summed E-state index contributed by atoms with van der Waals surface area (Å²) in [5.74, 6) is 0. The number of benzene rings is 1. The highest BCUT2D eigenvalue weighted by molar-refractivity contribution is 5.67. The Kier molecular flexibility index (Phi) is 5.10. The number of alkyl carbamates (subject to hydrolysis) is 1. The summed E-state index contributed by atoms with van der Waals surface area (Å²) >= 11 is 0. The summed E-state index contributed by atoms with van der Waals surface area (Å²) in [6.07, 6.45) is 0.342. The van der Waals surface area contributed by atoms with Gasteiger partial charge in [0.1, 0.15) is 6.61 Å². The van der Waals surface area contributed by atoms with Gasteiger partial charge in [-0.3, -0.25) is 10.1 Å². The van der Waals surface area contributed by atoms with E-state index in [0.717, 1.165) is 6.42 Å². The fourth-order valence-corrected chi connectivity index (χ4v) is 1.21. The molecule has 0 aliphatic heterocycles. The first-order valence-electron chi connectivity index (χ1n) is 5.69. The molecule has 0 saturated carbocycles. The zero-order chi connectivity index (χ0) is 13.5. The predicted octanol–water partition coefficient (Wildman–Crippen LogP) is 2.62. The molecular weight excluding hydrogens is 236 g/mol. The molecule has 1 atom stereocenters. The lowest BCUT2D eigenvalue weighted by Crippen LogP contribution is -2.32. The maximum Gasteiger partial charge on any atom is 0.407 e. The third-order valence-corrected chi connectivity index (χ3v) is 2.49. The SMILES string of the molecule is CC[C@H](C)NC(=O)OCc1ccc([N+](=O)[O-])cc1. The molecule has 0 bridgehead atoms. The Morgan fingerprint density at radius 1 is 1.44 bits per heavy atom. The first kappa shape index (κ1) is 14.0. The van der Waals surface area contributed by atoms with Crippen molar-refractivity contribution in [2.24, 2.45) is 0 Å². The molecule has 1 N–H and O–H groups in total. The number of nitro groups is 1. The van der Waals surface area contributed by atoms with E-state index in [2.05, 4.69) is 5.32 Å². The van der Waals surface area contributed by atoms with Crippen molar-refractivity contribution in [2.45, 2.75) is 32.9 Å². The molecule has 6 heteroatoms. The van der Waals surface area contributed by atoms with Crippen LogP contribution in [-0.4, -0.2) is 17.1 Å². The van der Waals surface area contributed by atoms with Crippen LogP contribution in [0.25, 0.3) is 0 Å². The summed E-state index contributed by atoms with van der Waals surface area (Å²) in [4.78, 5) is 21.3. The monoisotopic (exact) mass is 252 g/mol. The molecule has 0 saturated heterocycles. The highest BCUT2D eigenvalue weighted by atomic mass is 16.6. The lowest BCUT2D eigenvalue weighted by atomic mass is 10.2. The average molecular weight is 252 g/mol. The first-order chi connectivity index (χ1) is 8.52. The van der Waals surface area contributed by atoms with Gasteiger partial charge in [0.15, 0.2) is 0 Å². The number of non-ortho nitro benzene ring substituents is 1. The van der Waals surface area contributed by atoms with Gasteiger partial charge >= 0.3 is 6.09 Å². The van der Waals surface area contributed by atoms with Crippen molar-refractivity contribution >= 4 is 11.8 Å². The lowest BCUT2D eigenvalue weighted by Gasteiger charge is -2.11. The third-order valence-electron chi connectivity index (χ3n) is 2.49. The molecule has 6 nitrogen and oxygen atoms in total. The summed E-state index contributed by atoms with van der Waals surface area (Å²) in [5, 5.41) is 13.1. The van der Waals surface area contributed by atoms with Gasteiger partial charge in [0, 0.05) is 18.2 Å². The molecule has 0 heterocycles. The van der Waals surface area contributed by atoms with Crippen LogP contribution in [-0.2, 0) is 11.3 Å². The molecule has 0 aliphatic carbocycles. The van der Waals surface area contributed by atoms with Gasteiger partial charge in [0.25, 0.3) is 5.69 Å².